The highest BCUT2D eigenvalue weighted by Gasteiger charge is 2.24. The number of thioether (sulfide) groups is 1. The van der Waals surface area contributed by atoms with Gasteiger partial charge in [-0.1, -0.05) is 23.9 Å². The van der Waals surface area contributed by atoms with E-state index in [4.69, 9.17) is 4.74 Å². The summed E-state index contributed by atoms with van der Waals surface area (Å²) in [6.45, 7) is 1.90. The van der Waals surface area contributed by atoms with Crippen LogP contribution in [0, 0.1) is 0 Å². The van der Waals surface area contributed by atoms with E-state index in [2.05, 4.69) is 4.99 Å². The number of hydrogen-bond acceptors (Lipinski definition) is 6. The van der Waals surface area contributed by atoms with Gasteiger partial charge in [0, 0.05) is 7.05 Å². The topological polar surface area (TPSA) is 79.2 Å². The minimum Gasteiger partial charge on any atom is -0.464 e. The molecule has 1 aromatic carbocycles. The number of esters is 1. The summed E-state index contributed by atoms with van der Waals surface area (Å²) in [6, 6.07) is 6.59. The summed E-state index contributed by atoms with van der Waals surface area (Å²) >= 11 is 1.38. The lowest BCUT2D eigenvalue weighted by atomic mass is 10.1. The monoisotopic (exact) mass is 308 g/mol. The number of rotatable bonds is 4. The Bertz CT molecular complexity index is 571. The predicted molar refractivity (Wildman–Crippen MR) is 80.4 cm³/mol. The predicted octanol–water partition coefficient (Wildman–Crippen LogP) is 1.48. The van der Waals surface area contributed by atoms with Crippen molar-refractivity contribution in [2.24, 2.45) is 4.99 Å². The molecule has 6 nitrogen and oxygen atoms in total. The van der Waals surface area contributed by atoms with E-state index in [1.165, 1.54) is 16.7 Å². The maximum absolute atomic E-state index is 11.4. The number of aliphatic hydroxyl groups is 1. The van der Waals surface area contributed by atoms with Crippen LogP contribution in [0.3, 0.4) is 0 Å². The summed E-state index contributed by atoms with van der Waals surface area (Å²) in [5, 5.41) is 10.4. The van der Waals surface area contributed by atoms with Crippen molar-refractivity contribution in [1.82, 2.24) is 4.90 Å². The van der Waals surface area contributed by atoms with Crippen LogP contribution in [-0.4, -0.2) is 46.5 Å². The molecule has 0 radical (unpaired) electrons. The van der Waals surface area contributed by atoms with Gasteiger partial charge in [-0.3, -0.25) is 9.69 Å². The van der Waals surface area contributed by atoms with Crippen LogP contribution in [-0.2, 0) is 14.3 Å². The Morgan fingerprint density at radius 1 is 1.48 bits per heavy atom. The highest BCUT2D eigenvalue weighted by molar-refractivity contribution is 8.15. The van der Waals surface area contributed by atoms with Crippen LogP contribution in [0.15, 0.2) is 29.3 Å². The quantitative estimate of drug-likeness (QED) is 0.852. The van der Waals surface area contributed by atoms with E-state index >= 15 is 0 Å². The largest absolute Gasteiger partial charge is 0.464 e. The minimum atomic E-state index is -1.29. The Morgan fingerprint density at radius 3 is 2.67 bits per heavy atom. The first-order valence-corrected chi connectivity index (χ1v) is 7.44. The molecule has 1 atom stereocenters. The van der Waals surface area contributed by atoms with Crippen molar-refractivity contribution in [1.29, 1.82) is 0 Å². The van der Waals surface area contributed by atoms with Crippen LogP contribution in [0.5, 0.6) is 0 Å². The van der Waals surface area contributed by atoms with Gasteiger partial charge in [-0.15, -0.1) is 0 Å². The number of benzene rings is 1. The summed E-state index contributed by atoms with van der Waals surface area (Å²) in [6.07, 6.45) is -1.29. The van der Waals surface area contributed by atoms with Gasteiger partial charge >= 0.3 is 5.97 Å². The van der Waals surface area contributed by atoms with E-state index < -0.39 is 12.1 Å². The van der Waals surface area contributed by atoms with Gasteiger partial charge in [-0.2, -0.15) is 0 Å². The number of nitrogens with zero attached hydrogens (tertiary/aromatic N) is 2. The van der Waals surface area contributed by atoms with Crippen molar-refractivity contribution in [2.45, 2.75) is 13.0 Å². The second kappa shape index (κ2) is 6.73. The first-order valence-electron chi connectivity index (χ1n) is 6.45. The fraction of sp³-hybridized carbons (Fsp3) is 0.357. The average Bonchev–Trinajstić information content (AvgIpc) is 2.79. The van der Waals surface area contributed by atoms with E-state index in [1.807, 2.05) is 0 Å². The molecule has 1 fully saturated rings. The van der Waals surface area contributed by atoms with Crippen LogP contribution in [0.1, 0.15) is 18.6 Å². The summed E-state index contributed by atoms with van der Waals surface area (Å²) in [4.78, 5) is 28.7. The van der Waals surface area contributed by atoms with Gasteiger partial charge < -0.3 is 9.84 Å². The summed E-state index contributed by atoms with van der Waals surface area (Å²) < 4.78 is 4.76. The van der Waals surface area contributed by atoms with E-state index in [0.717, 1.165) is 0 Å². The lowest BCUT2D eigenvalue weighted by Gasteiger charge is -2.10. The summed E-state index contributed by atoms with van der Waals surface area (Å²) in [5.74, 6) is -0.254. The highest BCUT2D eigenvalue weighted by Crippen LogP contribution is 2.24. The molecule has 7 heteroatoms. The maximum Gasteiger partial charge on any atom is 0.339 e. The second-order valence-electron chi connectivity index (χ2n) is 4.38. The SMILES string of the molecule is CCOC(=O)C(O)c1ccc(/N=C2\SCC(=O)N2C)cc1. The van der Waals surface area contributed by atoms with E-state index in [0.29, 0.717) is 22.2 Å². The summed E-state index contributed by atoms with van der Waals surface area (Å²) in [5.41, 5.74) is 1.10. The number of carbonyl (C=O) groups is 2. The van der Waals surface area contributed by atoms with E-state index in [9.17, 15) is 14.7 Å². The Labute approximate surface area is 126 Å². The zero-order valence-electron chi connectivity index (χ0n) is 11.8. The molecule has 112 valence electrons. The molecule has 1 heterocycles. The number of hydrogen-bond donors (Lipinski definition) is 1. The van der Waals surface area contributed by atoms with Crippen molar-refractivity contribution < 1.29 is 19.4 Å². The van der Waals surface area contributed by atoms with Gasteiger partial charge in [0.25, 0.3) is 0 Å². The molecule has 0 bridgehead atoms. The van der Waals surface area contributed by atoms with Crippen LogP contribution in [0.25, 0.3) is 0 Å². The van der Waals surface area contributed by atoms with E-state index in [1.54, 1.807) is 38.2 Å². The third-order valence-corrected chi connectivity index (χ3v) is 3.94. The number of ether oxygens (including phenoxy) is 1. The molecular formula is C14H16N2O4S. The molecule has 1 aliphatic rings. The Balaban J connectivity index is 2.11. The number of carbonyl (C=O) groups excluding carboxylic acids is 2. The zero-order chi connectivity index (χ0) is 15.4. The number of amides is 1. The molecule has 1 aliphatic heterocycles. The number of aliphatic hydroxyl groups excluding tert-OH is 1. The zero-order valence-corrected chi connectivity index (χ0v) is 12.6. The standard InChI is InChI=1S/C14H16N2O4S/c1-3-20-13(19)12(18)9-4-6-10(7-5-9)15-14-16(2)11(17)8-21-14/h4-7,12,18H,3,8H2,1-2H3/b15-14-. The smallest absolute Gasteiger partial charge is 0.339 e. The van der Waals surface area contributed by atoms with Gasteiger partial charge in [-0.25, -0.2) is 9.79 Å². The maximum atomic E-state index is 11.4. The molecule has 1 N–H and O–H groups in total. The van der Waals surface area contributed by atoms with Crippen molar-refractivity contribution in [3.8, 4) is 0 Å². The van der Waals surface area contributed by atoms with Gasteiger partial charge in [0.15, 0.2) is 11.3 Å². The van der Waals surface area contributed by atoms with Crippen LogP contribution >= 0.6 is 11.8 Å². The Hall–Kier alpha value is -1.86. The fourth-order valence-electron chi connectivity index (χ4n) is 1.73. The van der Waals surface area contributed by atoms with Crippen LogP contribution in [0.4, 0.5) is 5.69 Å². The van der Waals surface area contributed by atoms with Crippen molar-refractivity contribution in [3.05, 3.63) is 29.8 Å². The van der Waals surface area contributed by atoms with Crippen LogP contribution < -0.4 is 0 Å². The molecule has 0 aromatic heterocycles. The summed E-state index contributed by atoms with van der Waals surface area (Å²) in [7, 11) is 1.68. The van der Waals surface area contributed by atoms with Gasteiger partial charge in [0.05, 0.1) is 18.0 Å². The van der Waals surface area contributed by atoms with Gasteiger partial charge in [0.1, 0.15) is 0 Å². The van der Waals surface area contributed by atoms with Gasteiger partial charge in [-0.05, 0) is 24.6 Å². The molecule has 2 rings (SSSR count). The number of amidine groups is 1. The van der Waals surface area contributed by atoms with Gasteiger partial charge in [0.2, 0.25) is 5.91 Å². The van der Waals surface area contributed by atoms with Crippen molar-refractivity contribution in [2.75, 3.05) is 19.4 Å². The highest BCUT2D eigenvalue weighted by atomic mass is 32.2. The van der Waals surface area contributed by atoms with Crippen molar-refractivity contribution in [3.63, 3.8) is 0 Å². The van der Waals surface area contributed by atoms with Crippen LogP contribution in [0.2, 0.25) is 0 Å². The minimum absolute atomic E-state index is 0.0214. The van der Waals surface area contributed by atoms with E-state index in [-0.39, 0.29) is 12.5 Å². The molecule has 1 amide bonds. The second-order valence-corrected chi connectivity index (χ2v) is 5.32. The lowest BCUT2D eigenvalue weighted by molar-refractivity contribution is -0.153. The third-order valence-electron chi connectivity index (χ3n) is 2.93. The Kier molecular flexibility index (Phi) is 4.98. The molecular weight excluding hydrogens is 292 g/mol. The number of aliphatic imine (C=N–C) groups is 1. The normalized spacial score (nSPS) is 18.1. The van der Waals surface area contributed by atoms with Crippen molar-refractivity contribution >= 4 is 34.5 Å². The molecule has 0 spiro atoms. The molecule has 1 unspecified atom stereocenters. The molecule has 21 heavy (non-hydrogen) atoms. The first-order chi connectivity index (χ1) is 10.0. The molecule has 1 saturated heterocycles. The lowest BCUT2D eigenvalue weighted by Crippen LogP contribution is -2.24. The first kappa shape index (κ1) is 15.5. The molecule has 0 aliphatic carbocycles. The Morgan fingerprint density at radius 2 is 2.14 bits per heavy atom. The average molecular weight is 308 g/mol. The fourth-order valence-corrected chi connectivity index (χ4v) is 2.64. The molecule has 1 aromatic rings. The third kappa shape index (κ3) is 3.62. The molecule has 0 saturated carbocycles.